The van der Waals surface area contributed by atoms with Crippen molar-refractivity contribution in [3.05, 3.63) is 35.4 Å². The summed E-state index contributed by atoms with van der Waals surface area (Å²) in [6.45, 7) is 4.86. The van der Waals surface area contributed by atoms with E-state index in [0.29, 0.717) is 38.0 Å². The molecule has 128 valence electrons. The molecule has 2 fully saturated rings. The lowest BCUT2D eigenvalue weighted by atomic mass is 9.87. The Morgan fingerprint density at radius 1 is 1.09 bits per heavy atom. The van der Waals surface area contributed by atoms with Crippen LogP contribution in [0.4, 0.5) is 0 Å². The maximum atomic E-state index is 12.6. The maximum absolute atomic E-state index is 12.6. The second kappa shape index (κ2) is 7.32. The van der Waals surface area contributed by atoms with Crippen molar-refractivity contribution < 1.29 is 13.2 Å². The lowest BCUT2D eigenvalue weighted by molar-refractivity contribution is 0.0720. The molecule has 2 aliphatic heterocycles. The van der Waals surface area contributed by atoms with E-state index in [0.717, 1.165) is 25.7 Å². The number of aryl methyl sites for hydroxylation is 1. The number of piperidine rings is 1. The van der Waals surface area contributed by atoms with E-state index in [1.807, 2.05) is 0 Å². The quantitative estimate of drug-likeness (QED) is 0.849. The van der Waals surface area contributed by atoms with Gasteiger partial charge in [0.25, 0.3) is 0 Å². The molecular formula is C18H27NO3S. The van der Waals surface area contributed by atoms with Crippen LogP contribution in [-0.2, 0) is 14.8 Å². The van der Waals surface area contributed by atoms with E-state index >= 15 is 0 Å². The Bertz CT molecular complexity index is 615. The van der Waals surface area contributed by atoms with E-state index in [-0.39, 0.29) is 5.92 Å². The summed E-state index contributed by atoms with van der Waals surface area (Å²) in [5.74, 6) is 1.05. The second-order valence-electron chi connectivity index (χ2n) is 6.86. The van der Waals surface area contributed by atoms with Crippen LogP contribution in [0.5, 0.6) is 0 Å². The zero-order valence-corrected chi connectivity index (χ0v) is 14.7. The van der Waals surface area contributed by atoms with Crippen molar-refractivity contribution in [1.82, 2.24) is 4.31 Å². The van der Waals surface area contributed by atoms with Gasteiger partial charge in [0.05, 0.1) is 5.75 Å². The third-order valence-corrected chi connectivity index (χ3v) is 7.31. The highest BCUT2D eigenvalue weighted by Gasteiger charge is 2.31. The van der Waals surface area contributed by atoms with E-state index in [4.69, 9.17) is 4.74 Å². The standard InChI is InChI=1S/C18H27NO3S/c1-15-4-2-3-5-18(15)17-6-10-19(11-7-17)23(20,21)14-16-8-12-22-13-9-16/h2-5,16-17H,6-14H2,1H3. The lowest BCUT2D eigenvalue weighted by Gasteiger charge is -2.33. The first-order valence-corrected chi connectivity index (χ1v) is 10.3. The van der Waals surface area contributed by atoms with Crippen molar-refractivity contribution in [3.8, 4) is 0 Å². The molecule has 0 aliphatic carbocycles. The van der Waals surface area contributed by atoms with Gasteiger partial charge >= 0.3 is 0 Å². The molecule has 0 aromatic heterocycles. The van der Waals surface area contributed by atoms with E-state index in [2.05, 4.69) is 31.2 Å². The van der Waals surface area contributed by atoms with E-state index in [1.54, 1.807) is 4.31 Å². The first kappa shape index (κ1) is 16.9. The molecule has 0 amide bonds. The Morgan fingerprint density at radius 2 is 1.74 bits per heavy atom. The highest BCUT2D eigenvalue weighted by molar-refractivity contribution is 7.89. The molecule has 2 heterocycles. The summed E-state index contributed by atoms with van der Waals surface area (Å²) in [5.41, 5.74) is 2.70. The number of ether oxygens (including phenoxy) is 1. The molecule has 0 unspecified atom stereocenters. The topological polar surface area (TPSA) is 46.6 Å². The fourth-order valence-corrected chi connectivity index (χ4v) is 5.71. The molecule has 0 radical (unpaired) electrons. The molecule has 3 rings (SSSR count). The SMILES string of the molecule is Cc1ccccc1C1CCN(S(=O)(=O)CC2CCOCC2)CC1. The van der Waals surface area contributed by atoms with Gasteiger partial charge in [-0.15, -0.1) is 0 Å². The van der Waals surface area contributed by atoms with Crippen LogP contribution in [0, 0.1) is 12.8 Å². The van der Waals surface area contributed by atoms with Gasteiger partial charge in [-0.2, -0.15) is 0 Å². The van der Waals surface area contributed by atoms with Crippen LogP contribution in [0.15, 0.2) is 24.3 Å². The van der Waals surface area contributed by atoms with Crippen molar-refractivity contribution in [2.75, 3.05) is 32.1 Å². The molecule has 1 aromatic carbocycles. The lowest BCUT2D eigenvalue weighted by Crippen LogP contribution is -2.41. The monoisotopic (exact) mass is 337 g/mol. The Morgan fingerprint density at radius 3 is 2.39 bits per heavy atom. The third-order valence-electron chi connectivity index (χ3n) is 5.26. The van der Waals surface area contributed by atoms with E-state index < -0.39 is 10.0 Å². The van der Waals surface area contributed by atoms with Crippen LogP contribution in [0.1, 0.15) is 42.7 Å². The molecule has 2 aliphatic rings. The van der Waals surface area contributed by atoms with Crippen molar-refractivity contribution in [2.45, 2.75) is 38.5 Å². The van der Waals surface area contributed by atoms with Gasteiger partial charge < -0.3 is 4.74 Å². The van der Waals surface area contributed by atoms with Gasteiger partial charge in [-0.3, -0.25) is 0 Å². The molecule has 0 saturated carbocycles. The average molecular weight is 337 g/mol. The predicted octanol–water partition coefficient (Wildman–Crippen LogP) is 2.93. The van der Waals surface area contributed by atoms with Crippen LogP contribution in [-0.4, -0.2) is 44.8 Å². The van der Waals surface area contributed by atoms with Crippen molar-refractivity contribution >= 4 is 10.0 Å². The number of sulfonamides is 1. The molecule has 4 nitrogen and oxygen atoms in total. The Balaban J connectivity index is 1.58. The molecule has 0 bridgehead atoms. The Labute approximate surface area is 139 Å². The molecule has 0 atom stereocenters. The van der Waals surface area contributed by atoms with Gasteiger partial charge in [-0.25, -0.2) is 12.7 Å². The Kier molecular flexibility index (Phi) is 5.39. The number of rotatable bonds is 4. The summed E-state index contributed by atoms with van der Waals surface area (Å²) >= 11 is 0. The van der Waals surface area contributed by atoms with Crippen LogP contribution >= 0.6 is 0 Å². The third kappa shape index (κ3) is 4.14. The summed E-state index contributed by atoms with van der Waals surface area (Å²) in [7, 11) is -3.12. The largest absolute Gasteiger partial charge is 0.381 e. The highest BCUT2D eigenvalue weighted by Crippen LogP contribution is 2.31. The fourth-order valence-electron chi connectivity index (χ4n) is 3.81. The fraction of sp³-hybridized carbons (Fsp3) is 0.667. The minimum absolute atomic E-state index is 0.267. The van der Waals surface area contributed by atoms with Crippen LogP contribution in [0.25, 0.3) is 0 Å². The zero-order valence-electron chi connectivity index (χ0n) is 13.9. The number of benzene rings is 1. The second-order valence-corrected chi connectivity index (χ2v) is 8.88. The smallest absolute Gasteiger partial charge is 0.214 e. The molecule has 0 spiro atoms. The van der Waals surface area contributed by atoms with E-state index in [1.165, 1.54) is 11.1 Å². The number of hydrogen-bond donors (Lipinski definition) is 0. The number of hydrogen-bond acceptors (Lipinski definition) is 3. The summed E-state index contributed by atoms with van der Waals surface area (Å²) in [4.78, 5) is 0. The van der Waals surface area contributed by atoms with Gasteiger partial charge in [-0.1, -0.05) is 24.3 Å². The molecule has 23 heavy (non-hydrogen) atoms. The van der Waals surface area contributed by atoms with Gasteiger partial charge in [0.1, 0.15) is 0 Å². The molecule has 5 heteroatoms. The molecule has 0 N–H and O–H groups in total. The predicted molar refractivity (Wildman–Crippen MR) is 92.1 cm³/mol. The minimum atomic E-state index is -3.12. The number of nitrogens with zero attached hydrogens (tertiary/aromatic N) is 1. The van der Waals surface area contributed by atoms with Crippen molar-refractivity contribution in [2.24, 2.45) is 5.92 Å². The molecule has 1 aromatic rings. The van der Waals surface area contributed by atoms with Crippen molar-refractivity contribution in [1.29, 1.82) is 0 Å². The van der Waals surface area contributed by atoms with Gasteiger partial charge in [0.2, 0.25) is 10.0 Å². The van der Waals surface area contributed by atoms with E-state index in [9.17, 15) is 8.42 Å². The van der Waals surface area contributed by atoms with Gasteiger partial charge in [0.15, 0.2) is 0 Å². The molecular weight excluding hydrogens is 310 g/mol. The molecule has 2 saturated heterocycles. The summed E-state index contributed by atoms with van der Waals surface area (Å²) < 4.78 is 32.3. The van der Waals surface area contributed by atoms with Crippen LogP contribution in [0.3, 0.4) is 0 Å². The normalized spacial score (nSPS) is 22.3. The average Bonchev–Trinajstić information content (AvgIpc) is 2.56. The summed E-state index contributed by atoms with van der Waals surface area (Å²) in [6.07, 6.45) is 3.60. The minimum Gasteiger partial charge on any atom is -0.381 e. The summed E-state index contributed by atoms with van der Waals surface area (Å²) in [5, 5.41) is 0. The zero-order chi connectivity index (χ0) is 16.3. The summed E-state index contributed by atoms with van der Waals surface area (Å²) in [6, 6.07) is 8.47. The first-order chi connectivity index (χ1) is 11.1. The maximum Gasteiger partial charge on any atom is 0.214 e. The van der Waals surface area contributed by atoms with Crippen molar-refractivity contribution in [3.63, 3.8) is 0 Å². The Hall–Kier alpha value is -0.910. The van der Waals surface area contributed by atoms with Crippen LogP contribution in [0.2, 0.25) is 0 Å². The van der Waals surface area contributed by atoms with Crippen LogP contribution < -0.4 is 0 Å². The highest BCUT2D eigenvalue weighted by atomic mass is 32.2. The van der Waals surface area contributed by atoms with Gasteiger partial charge in [-0.05, 0) is 55.6 Å². The first-order valence-electron chi connectivity index (χ1n) is 8.67. The van der Waals surface area contributed by atoms with Gasteiger partial charge in [0, 0.05) is 26.3 Å².